The normalized spacial score (nSPS) is 10.7. The molecule has 78 valence electrons. The third-order valence-electron chi connectivity index (χ3n) is 1.95. The molecule has 0 aliphatic rings. The van der Waals surface area contributed by atoms with Gasteiger partial charge in [0.15, 0.2) is 0 Å². The predicted octanol–water partition coefficient (Wildman–Crippen LogP) is 4.56. The van der Waals surface area contributed by atoms with Crippen molar-refractivity contribution in [1.82, 2.24) is 4.98 Å². The van der Waals surface area contributed by atoms with Crippen molar-refractivity contribution in [2.24, 2.45) is 0 Å². The monoisotopic (exact) mass is 261 g/mol. The summed E-state index contributed by atoms with van der Waals surface area (Å²) in [6.07, 6.45) is 0. The van der Waals surface area contributed by atoms with Gasteiger partial charge in [0.05, 0.1) is 5.02 Å². The molecule has 0 bridgehead atoms. The SMILES string of the molecule is Cc1cc(Cl)c(-c2nc(Cl)cs2)cc1F. The van der Waals surface area contributed by atoms with Crippen molar-refractivity contribution in [2.45, 2.75) is 6.92 Å². The molecule has 0 unspecified atom stereocenters. The van der Waals surface area contributed by atoms with Crippen LogP contribution in [0.1, 0.15) is 5.56 Å². The number of benzene rings is 1. The zero-order valence-corrected chi connectivity index (χ0v) is 10.0. The highest BCUT2D eigenvalue weighted by Gasteiger charge is 2.11. The quantitative estimate of drug-likeness (QED) is 0.733. The van der Waals surface area contributed by atoms with Crippen molar-refractivity contribution < 1.29 is 4.39 Å². The molecule has 15 heavy (non-hydrogen) atoms. The van der Waals surface area contributed by atoms with Crippen LogP contribution in [0.2, 0.25) is 10.2 Å². The molecule has 0 atom stereocenters. The zero-order chi connectivity index (χ0) is 11.0. The number of hydrogen-bond donors (Lipinski definition) is 0. The highest BCUT2D eigenvalue weighted by Crippen LogP contribution is 2.33. The zero-order valence-electron chi connectivity index (χ0n) is 7.72. The van der Waals surface area contributed by atoms with Gasteiger partial charge in [0.2, 0.25) is 0 Å². The molecule has 0 saturated carbocycles. The van der Waals surface area contributed by atoms with E-state index in [0.29, 0.717) is 26.3 Å². The molecule has 0 spiro atoms. The molecule has 0 aliphatic carbocycles. The molecule has 0 fully saturated rings. The maximum Gasteiger partial charge on any atom is 0.140 e. The fourth-order valence-corrected chi connectivity index (χ4v) is 2.53. The van der Waals surface area contributed by atoms with E-state index in [1.165, 1.54) is 17.4 Å². The van der Waals surface area contributed by atoms with Crippen LogP contribution in [0.15, 0.2) is 17.5 Å². The third-order valence-corrected chi connectivity index (χ3v) is 3.47. The van der Waals surface area contributed by atoms with Crippen LogP contribution in [-0.4, -0.2) is 4.98 Å². The van der Waals surface area contributed by atoms with Crippen molar-refractivity contribution in [1.29, 1.82) is 0 Å². The van der Waals surface area contributed by atoms with Gasteiger partial charge in [0, 0.05) is 10.9 Å². The maximum absolute atomic E-state index is 13.3. The largest absolute Gasteiger partial charge is 0.224 e. The molecule has 5 heteroatoms. The minimum absolute atomic E-state index is 0.291. The second-order valence-electron chi connectivity index (χ2n) is 3.06. The van der Waals surface area contributed by atoms with Crippen molar-refractivity contribution in [2.75, 3.05) is 0 Å². The lowest BCUT2D eigenvalue weighted by molar-refractivity contribution is 0.619. The lowest BCUT2D eigenvalue weighted by Gasteiger charge is -2.03. The van der Waals surface area contributed by atoms with E-state index >= 15 is 0 Å². The van der Waals surface area contributed by atoms with Crippen LogP contribution in [0, 0.1) is 12.7 Å². The smallest absolute Gasteiger partial charge is 0.140 e. The fourth-order valence-electron chi connectivity index (χ4n) is 1.19. The van der Waals surface area contributed by atoms with E-state index in [-0.39, 0.29) is 5.82 Å². The highest BCUT2D eigenvalue weighted by atomic mass is 35.5. The van der Waals surface area contributed by atoms with E-state index in [1.54, 1.807) is 18.4 Å². The summed E-state index contributed by atoms with van der Waals surface area (Å²) >= 11 is 13.0. The molecule has 0 amide bonds. The molecule has 0 N–H and O–H groups in total. The molecule has 0 aliphatic heterocycles. The number of aromatic nitrogens is 1. The first-order chi connectivity index (χ1) is 7.08. The molecule has 1 heterocycles. The van der Waals surface area contributed by atoms with Gasteiger partial charge in [0.25, 0.3) is 0 Å². The summed E-state index contributed by atoms with van der Waals surface area (Å²) < 4.78 is 13.3. The Morgan fingerprint density at radius 2 is 2.07 bits per heavy atom. The first-order valence-corrected chi connectivity index (χ1v) is 5.78. The Hall–Kier alpha value is -0.640. The van der Waals surface area contributed by atoms with E-state index in [1.807, 2.05) is 0 Å². The minimum Gasteiger partial charge on any atom is -0.224 e. The van der Waals surface area contributed by atoms with Crippen LogP contribution in [0.25, 0.3) is 10.6 Å². The summed E-state index contributed by atoms with van der Waals surface area (Å²) in [5.41, 5.74) is 1.10. The van der Waals surface area contributed by atoms with Gasteiger partial charge in [-0.15, -0.1) is 11.3 Å². The molecule has 2 aromatic rings. The summed E-state index contributed by atoms with van der Waals surface area (Å²) in [7, 11) is 0. The Morgan fingerprint density at radius 1 is 1.33 bits per heavy atom. The molecule has 1 nitrogen and oxygen atoms in total. The van der Waals surface area contributed by atoms with Gasteiger partial charge in [-0.2, -0.15) is 0 Å². The van der Waals surface area contributed by atoms with E-state index in [4.69, 9.17) is 23.2 Å². The van der Waals surface area contributed by atoms with Gasteiger partial charge in [-0.1, -0.05) is 23.2 Å². The molecule has 1 aromatic heterocycles. The van der Waals surface area contributed by atoms with Gasteiger partial charge in [-0.25, -0.2) is 9.37 Å². The minimum atomic E-state index is -0.291. The molecule has 2 rings (SSSR count). The van der Waals surface area contributed by atoms with Crippen molar-refractivity contribution in [3.8, 4) is 10.6 Å². The van der Waals surface area contributed by atoms with Crippen LogP contribution < -0.4 is 0 Å². The van der Waals surface area contributed by atoms with Crippen LogP contribution in [0.4, 0.5) is 4.39 Å². The number of nitrogens with zero attached hydrogens (tertiary/aromatic N) is 1. The van der Waals surface area contributed by atoms with Gasteiger partial charge < -0.3 is 0 Å². The summed E-state index contributed by atoms with van der Waals surface area (Å²) in [6, 6.07) is 2.97. The summed E-state index contributed by atoms with van der Waals surface area (Å²) in [6.45, 7) is 1.67. The highest BCUT2D eigenvalue weighted by molar-refractivity contribution is 7.13. The average molecular weight is 262 g/mol. The Labute approximate surface area is 100 Å². The Balaban J connectivity index is 2.58. The Morgan fingerprint density at radius 3 is 2.67 bits per heavy atom. The molecular formula is C10H6Cl2FNS. The van der Waals surface area contributed by atoms with E-state index < -0.39 is 0 Å². The van der Waals surface area contributed by atoms with Crippen LogP contribution in [0.3, 0.4) is 0 Å². The number of rotatable bonds is 1. The predicted molar refractivity (Wildman–Crippen MR) is 62.3 cm³/mol. The van der Waals surface area contributed by atoms with E-state index in [9.17, 15) is 4.39 Å². The molecule has 0 radical (unpaired) electrons. The van der Waals surface area contributed by atoms with Gasteiger partial charge in [-0.05, 0) is 24.6 Å². The fraction of sp³-hybridized carbons (Fsp3) is 0.100. The Kier molecular flexibility index (Phi) is 2.96. The maximum atomic E-state index is 13.3. The standard InChI is InChI=1S/C10H6Cl2FNS/c1-5-2-7(11)6(3-8(5)13)10-14-9(12)4-15-10/h2-4H,1H3. The van der Waals surface area contributed by atoms with Gasteiger partial charge >= 0.3 is 0 Å². The average Bonchev–Trinajstić information content (AvgIpc) is 2.58. The number of aryl methyl sites for hydroxylation is 1. The molecule has 1 aromatic carbocycles. The Bertz CT molecular complexity index is 510. The van der Waals surface area contributed by atoms with Crippen LogP contribution in [0.5, 0.6) is 0 Å². The van der Waals surface area contributed by atoms with Gasteiger partial charge in [0.1, 0.15) is 16.0 Å². The molecule has 0 saturated heterocycles. The van der Waals surface area contributed by atoms with E-state index in [0.717, 1.165) is 0 Å². The lowest BCUT2D eigenvalue weighted by atomic mass is 10.1. The molecular weight excluding hydrogens is 256 g/mol. The van der Waals surface area contributed by atoms with E-state index in [2.05, 4.69) is 4.98 Å². The summed E-state index contributed by atoms with van der Waals surface area (Å²) in [4.78, 5) is 4.05. The summed E-state index contributed by atoms with van der Waals surface area (Å²) in [5.74, 6) is -0.291. The first kappa shape index (κ1) is 10.9. The lowest BCUT2D eigenvalue weighted by Crippen LogP contribution is -1.86. The number of halogens is 3. The summed E-state index contributed by atoms with van der Waals surface area (Å²) in [5, 5.41) is 3.20. The first-order valence-electron chi connectivity index (χ1n) is 4.15. The number of hydrogen-bond acceptors (Lipinski definition) is 2. The second-order valence-corrected chi connectivity index (χ2v) is 4.71. The van der Waals surface area contributed by atoms with Crippen LogP contribution >= 0.6 is 34.5 Å². The van der Waals surface area contributed by atoms with Gasteiger partial charge in [-0.3, -0.25) is 0 Å². The second kappa shape index (κ2) is 4.08. The van der Waals surface area contributed by atoms with Crippen LogP contribution in [-0.2, 0) is 0 Å². The van der Waals surface area contributed by atoms with Crippen molar-refractivity contribution in [3.05, 3.63) is 39.1 Å². The van der Waals surface area contributed by atoms with Crippen molar-refractivity contribution >= 4 is 34.5 Å². The topological polar surface area (TPSA) is 12.9 Å². The third kappa shape index (κ3) is 2.14. The van der Waals surface area contributed by atoms with Crippen molar-refractivity contribution in [3.63, 3.8) is 0 Å². The number of thiazole rings is 1.